The Kier molecular flexibility index (Phi) is 5.34. The van der Waals surface area contributed by atoms with Crippen molar-refractivity contribution in [3.8, 4) is 0 Å². The van der Waals surface area contributed by atoms with Crippen molar-refractivity contribution in [3.05, 3.63) is 23.8 Å². The highest BCUT2D eigenvalue weighted by Gasteiger charge is 2.44. The van der Waals surface area contributed by atoms with Gasteiger partial charge in [0.2, 0.25) is 0 Å². The van der Waals surface area contributed by atoms with E-state index in [0.717, 1.165) is 44.8 Å². The van der Waals surface area contributed by atoms with E-state index in [0.29, 0.717) is 12.0 Å². The molecule has 1 aliphatic carbocycles. The number of nitrogens with zero attached hydrogens (tertiary/aromatic N) is 3. The van der Waals surface area contributed by atoms with Crippen LogP contribution in [0.3, 0.4) is 0 Å². The van der Waals surface area contributed by atoms with Crippen LogP contribution in [0.25, 0.3) is 0 Å². The van der Waals surface area contributed by atoms with Gasteiger partial charge in [-0.15, -0.1) is 0 Å². The first-order chi connectivity index (χ1) is 12.3. The van der Waals surface area contributed by atoms with Crippen LogP contribution in [0.2, 0.25) is 0 Å². The fraction of sp³-hybridized carbons (Fsp3) is 0.800. The molecule has 1 aromatic heterocycles. The zero-order valence-electron chi connectivity index (χ0n) is 15.3. The number of fused-ring (bicyclic) bond motifs is 1. The molecule has 3 heterocycles. The molecule has 25 heavy (non-hydrogen) atoms. The van der Waals surface area contributed by atoms with E-state index in [1.54, 1.807) is 0 Å². The lowest BCUT2D eigenvalue weighted by molar-refractivity contribution is -0.0223. The first kappa shape index (κ1) is 17.4. The van der Waals surface area contributed by atoms with Gasteiger partial charge in [0.05, 0.1) is 6.61 Å². The predicted molar refractivity (Wildman–Crippen MR) is 98.3 cm³/mol. The van der Waals surface area contributed by atoms with E-state index in [2.05, 4.69) is 20.2 Å². The highest BCUT2D eigenvalue weighted by atomic mass is 16.3. The number of hydrogen-bond acceptors (Lipinski definition) is 5. The summed E-state index contributed by atoms with van der Waals surface area (Å²) in [5.74, 6) is 1.62. The molecule has 5 nitrogen and oxygen atoms in total. The Morgan fingerprint density at radius 3 is 2.68 bits per heavy atom. The number of nitrogens with one attached hydrogen (secondary N) is 1. The van der Waals surface area contributed by atoms with Crippen molar-refractivity contribution in [3.63, 3.8) is 0 Å². The summed E-state index contributed by atoms with van der Waals surface area (Å²) in [4.78, 5) is 11.9. The minimum absolute atomic E-state index is 0.0411. The molecule has 0 spiro atoms. The van der Waals surface area contributed by atoms with Crippen LogP contribution in [0, 0.1) is 5.41 Å². The van der Waals surface area contributed by atoms with Crippen LogP contribution in [0.1, 0.15) is 68.7 Å². The lowest BCUT2D eigenvalue weighted by Crippen LogP contribution is -2.61. The summed E-state index contributed by atoms with van der Waals surface area (Å²) in [6, 6.07) is 0.479. The zero-order chi connectivity index (χ0) is 17.1. The maximum atomic E-state index is 10.1. The minimum Gasteiger partial charge on any atom is -0.396 e. The van der Waals surface area contributed by atoms with E-state index >= 15 is 0 Å². The maximum Gasteiger partial charge on any atom is 0.131 e. The SMILES string of the molecule is OC[C@]12CCCN[C@@H]1CCN(Cc1cnc(C3CCCCC3)nc1)C2. The van der Waals surface area contributed by atoms with Crippen LogP contribution < -0.4 is 5.32 Å². The molecule has 2 saturated heterocycles. The molecule has 1 aromatic rings. The second kappa shape index (κ2) is 7.68. The Balaban J connectivity index is 1.38. The predicted octanol–water partition coefficient (Wildman–Crippen LogP) is 2.46. The molecular weight excluding hydrogens is 312 g/mol. The fourth-order valence-electron chi connectivity index (χ4n) is 5.19. The normalized spacial score (nSPS) is 31.6. The van der Waals surface area contributed by atoms with Gasteiger partial charge >= 0.3 is 0 Å². The molecule has 4 rings (SSSR count). The summed E-state index contributed by atoms with van der Waals surface area (Å²) >= 11 is 0. The van der Waals surface area contributed by atoms with Crippen molar-refractivity contribution < 1.29 is 5.11 Å². The van der Waals surface area contributed by atoms with Gasteiger partial charge in [0.15, 0.2) is 0 Å². The van der Waals surface area contributed by atoms with E-state index in [1.807, 2.05) is 12.4 Å². The number of piperidine rings is 2. The van der Waals surface area contributed by atoms with Gasteiger partial charge in [-0.05, 0) is 38.6 Å². The van der Waals surface area contributed by atoms with Crippen LogP contribution in [-0.4, -0.2) is 52.3 Å². The van der Waals surface area contributed by atoms with Gasteiger partial charge in [-0.25, -0.2) is 9.97 Å². The molecular formula is C20H32N4O. The maximum absolute atomic E-state index is 10.1. The number of hydrogen-bond donors (Lipinski definition) is 2. The lowest BCUT2D eigenvalue weighted by atomic mass is 9.71. The Morgan fingerprint density at radius 1 is 1.12 bits per heavy atom. The summed E-state index contributed by atoms with van der Waals surface area (Å²) in [7, 11) is 0. The van der Waals surface area contributed by atoms with Crippen molar-refractivity contribution in [2.45, 2.75) is 69.9 Å². The summed E-state index contributed by atoms with van der Waals surface area (Å²) < 4.78 is 0. The highest BCUT2D eigenvalue weighted by molar-refractivity contribution is 5.09. The summed E-state index contributed by atoms with van der Waals surface area (Å²) in [5, 5.41) is 13.7. The van der Waals surface area contributed by atoms with Gasteiger partial charge in [-0.1, -0.05) is 19.3 Å². The zero-order valence-corrected chi connectivity index (χ0v) is 15.3. The third-order valence-electron chi connectivity index (χ3n) is 6.67. The smallest absolute Gasteiger partial charge is 0.131 e. The van der Waals surface area contributed by atoms with Crippen LogP contribution in [-0.2, 0) is 6.54 Å². The lowest BCUT2D eigenvalue weighted by Gasteiger charge is -2.50. The van der Waals surface area contributed by atoms with Gasteiger partial charge in [-0.2, -0.15) is 0 Å². The summed E-state index contributed by atoms with van der Waals surface area (Å²) in [6.07, 6.45) is 14.0. The molecule has 1 saturated carbocycles. The third-order valence-corrected chi connectivity index (χ3v) is 6.67. The number of aliphatic hydroxyl groups is 1. The highest BCUT2D eigenvalue weighted by Crippen LogP contribution is 2.37. The Hall–Kier alpha value is -1.04. The van der Waals surface area contributed by atoms with E-state index in [1.165, 1.54) is 44.1 Å². The molecule has 5 heteroatoms. The summed E-state index contributed by atoms with van der Waals surface area (Å²) in [6.45, 7) is 4.36. The quantitative estimate of drug-likeness (QED) is 0.879. The van der Waals surface area contributed by atoms with Crippen molar-refractivity contribution in [2.24, 2.45) is 5.41 Å². The third kappa shape index (κ3) is 3.74. The van der Waals surface area contributed by atoms with Gasteiger partial charge < -0.3 is 10.4 Å². The van der Waals surface area contributed by atoms with Gasteiger partial charge in [0.1, 0.15) is 5.82 Å². The van der Waals surface area contributed by atoms with Crippen molar-refractivity contribution in [1.29, 1.82) is 0 Å². The van der Waals surface area contributed by atoms with Crippen molar-refractivity contribution in [2.75, 3.05) is 26.2 Å². The number of aromatic nitrogens is 2. The van der Waals surface area contributed by atoms with Crippen molar-refractivity contribution >= 4 is 0 Å². The Labute approximate surface area is 151 Å². The molecule has 138 valence electrons. The van der Waals surface area contributed by atoms with Crippen LogP contribution in [0.15, 0.2) is 12.4 Å². The van der Waals surface area contributed by atoms with E-state index < -0.39 is 0 Å². The molecule has 2 aliphatic heterocycles. The monoisotopic (exact) mass is 344 g/mol. The number of aliphatic hydroxyl groups excluding tert-OH is 1. The molecule has 2 atom stereocenters. The average Bonchev–Trinajstić information content (AvgIpc) is 2.69. The van der Waals surface area contributed by atoms with E-state index in [4.69, 9.17) is 0 Å². The Bertz CT molecular complexity index is 557. The van der Waals surface area contributed by atoms with Crippen LogP contribution in [0.4, 0.5) is 0 Å². The molecule has 3 fully saturated rings. The number of rotatable bonds is 4. The van der Waals surface area contributed by atoms with Crippen LogP contribution in [0.5, 0.6) is 0 Å². The average molecular weight is 345 g/mol. The number of likely N-dealkylation sites (tertiary alicyclic amines) is 1. The molecule has 0 amide bonds. The largest absolute Gasteiger partial charge is 0.396 e. The van der Waals surface area contributed by atoms with Crippen LogP contribution >= 0.6 is 0 Å². The van der Waals surface area contributed by atoms with Crippen molar-refractivity contribution in [1.82, 2.24) is 20.2 Å². The topological polar surface area (TPSA) is 61.3 Å². The van der Waals surface area contributed by atoms with Gasteiger partial charge in [-0.3, -0.25) is 4.90 Å². The molecule has 0 radical (unpaired) electrons. The standard InChI is InChI=1S/C20H32N4O/c25-15-20-8-4-9-21-18(20)7-10-24(14-20)13-16-11-22-19(23-12-16)17-5-2-1-3-6-17/h11-12,17-18,21,25H,1-10,13-15H2/t18-,20-/m1/s1. The van der Waals surface area contributed by atoms with Gasteiger partial charge in [0, 0.05) is 55.0 Å². The Morgan fingerprint density at radius 2 is 1.92 bits per heavy atom. The molecule has 0 aromatic carbocycles. The van der Waals surface area contributed by atoms with Gasteiger partial charge in [0.25, 0.3) is 0 Å². The summed E-state index contributed by atoms with van der Waals surface area (Å²) in [5.41, 5.74) is 1.24. The first-order valence-electron chi connectivity index (χ1n) is 10.2. The first-order valence-corrected chi connectivity index (χ1v) is 10.2. The second-order valence-corrected chi connectivity index (χ2v) is 8.41. The molecule has 3 aliphatic rings. The molecule has 0 unspecified atom stereocenters. The van der Waals surface area contributed by atoms with E-state index in [9.17, 15) is 5.11 Å². The fourth-order valence-corrected chi connectivity index (χ4v) is 5.19. The minimum atomic E-state index is 0.0411. The second-order valence-electron chi connectivity index (χ2n) is 8.41. The molecule has 2 N–H and O–H groups in total. The molecule has 0 bridgehead atoms. The van der Waals surface area contributed by atoms with E-state index in [-0.39, 0.29) is 12.0 Å².